The Morgan fingerprint density at radius 2 is 0.743 bits per heavy atom. The van der Waals surface area contributed by atoms with Crippen LogP contribution in [0.15, 0.2) is 0 Å². The maximum atomic E-state index is 10.5. The zero-order valence-electron chi connectivity index (χ0n) is 24.6. The molecular weight excluding hydrogens is 430 g/mol. The van der Waals surface area contributed by atoms with Gasteiger partial charge in [0, 0.05) is 0 Å². The molecule has 35 heavy (non-hydrogen) atoms. The molecule has 1 rings (SSSR count). The Morgan fingerprint density at radius 1 is 0.486 bits per heavy atom. The molecular formula is C32H66NO2+. The lowest BCUT2D eigenvalue weighted by molar-refractivity contribution is -0.962. The molecule has 210 valence electrons. The first-order valence-electron chi connectivity index (χ1n) is 16.2. The van der Waals surface area contributed by atoms with E-state index in [1.807, 2.05) is 0 Å². The van der Waals surface area contributed by atoms with Gasteiger partial charge in [0.2, 0.25) is 0 Å². The van der Waals surface area contributed by atoms with E-state index in [0.29, 0.717) is 12.1 Å². The van der Waals surface area contributed by atoms with Crippen LogP contribution in [-0.4, -0.2) is 52.1 Å². The van der Waals surface area contributed by atoms with Crippen molar-refractivity contribution in [1.82, 2.24) is 0 Å². The number of nitrogens with zero attached hydrogens (tertiary/aromatic N) is 1. The van der Waals surface area contributed by atoms with Crippen LogP contribution in [0.2, 0.25) is 0 Å². The molecule has 4 unspecified atom stereocenters. The highest BCUT2D eigenvalue weighted by molar-refractivity contribution is 4.79. The molecule has 1 aliphatic heterocycles. The highest BCUT2D eigenvalue weighted by Crippen LogP contribution is 2.33. The highest BCUT2D eigenvalue weighted by atomic mass is 16.3. The smallest absolute Gasteiger partial charge is 0.134 e. The van der Waals surface area contributed by atoms with Crippen molar-refractivity contribution in [3.8, 4) is 0 Å². The summed E-state index contributed by atoms with van der Waals surface area (Å²) in [5, 5.41) is 20.9. The van der Waals surface area contributed by atoms with E-state index in [1.54, 1.807) is 0 Å². The average molecular weight is 497 g/mol. The summed E-state index contributed by atoms with van der Waals surface area (Å²) in [7, 11) is 0. The standard InChI is InChI=1S/C32H66NO2/c1-5-7-9-11-13-15-17-19-21-23-25-29(3)33(27-31(34)32(35)28-33)30(4)26-24-22-20-18-16-14-12-10-8-6-2/h29-32,34-35H,5-28H2,1-4H3/q+1. The number of hydrogen-bond donors (Lipinski definition) is 2. The molecule has 3 heteroatoms. The lowest BCUT2D eigenvalue weighted by atomic mass is 9.98. The van der Waals surface area contributed by atoms with Gasteiger partial charge in [0.1, 0.15) is 25.3 Å². The molecule has 1 fully saturated rings. The molecule has 3 nitrogen and oxygen atoms in total. The third kappa shape index (κ3) is 13.8. The molecule has 0 radical (unpaired) electrons. The molecule has 0 aromatic rings. The average Bonchev–Trinajstić information content (AvgIpc) is 3.16. The van der Waals surface area contributed by atoms with Crippen molar-refractivity contribution < 1.29 is 14.7 Å². The minimum atomic E-state index is -0.541. The largest absolute Gasteiger partial charge is 0.384 e. The first kappa shape index (κ1) is 32.9. The minimum absolute atomic E-state index is 0.536. The summed E-state index contributed by atoms with van der Waals surface area (Å²) in [4.78, 5) is 0. The van der Waals surface area contributed by atoms with Crippen molar-refractivity contribution in [2.75, 3.05) is 13.1 Å². The highest BCUT2D eigenvalue weighted by Gasteiger charge is 2.49. The van der Waals surface area contributed by atoms with Gasteiger partial charge in [0.25, 0.3) is 0 Å². The van der Waals surface area contributed by atoms with Gasteiger partial charge in [-0.2, -0.15) is 0 Å². The predicted octanol–water partition coefficient (Wildman–Crippen LogP) is 8.94. The van der Waals surface area contributed by atoms with Crippen LogP contribution in [-0.2, 0) is 0 Å². The van der Waals surface area contributed by atoms with Gasteiger partial charge in [-0.05, 0) is 39.5 Å². The number of rotatable bonds is 24. The fourth-order valence-corrected chi connectivity index (χ4v) is 6.54. The molecule has 1 saturated heterocycles. The molecule has 0 aromatic heterocycles. The van der Waals surface area contributed by atoms with Crippen LogP contribution in [0, 0.1) is 0 Å². The van der Waals surface area contributed by atoms with E-state index in [0.717, 1.165) is 17.6 Å². The first-order valence-corrected chi connectivity index (χ1v) is 16.2. The minimum Gasteiger partial charge on any atom is -0.384 e. The maximum absolute atomic E-state index is 10.5. The summed E-state index contributed by atoms with van der Waals surface area (Å²) >= 11 is 0. The number of aliphatic hydroxyl groups is 2. The second-order valence-electron chi connectivity index (χ2n) is 12.2. The molecule has 4 atom stereocenters. The number of aliphatic hydroxyl groups excluding tert-OH is 2. The monoisotopic (exact) mass is 497 g/mol. The summed E-state index contributed by atoms with van der Waals surface area (Å²) in [6, 6.07) is 1.07. The predicted molar refractivity (Wildman–Crippen MR) is 154 cm³/mol. The van der Waals surface area contributed by atoms with Crippen molar-refractivity contribution in [3.63, 3.8) is 0 Å². The molecule has 0 aliphatic carbocycles. The van der Waals surface area contributed by atoms with Gasteiger partial charge in [-0.15, -0.1) is 0 Å². The van der Waals surface area contributed by atoms with Crippen molar-refractivity contribution in [1.29, 1.82) is 0 Å². The van der Waals surface area contributed by atoms with Crippen LogP contribution >= 0.6 is 0 Å². The van der Waals surface area contributed by atoms with Gasteiger partial charge in [0.05, 0.1) is 12.1 Å². The summed E-state index contributed by atoms with van der Waals surface area (Å²) in [6.45, 7) is 10.9. The molecule has 0 bridgehead atoms. The third-order valence-electron chi connectivity index (χ3n) is 9.20. The normalized spacial score (nSPS) is 24.2. The SMILES string of the molecule is CCCCCCCCCCCCC(C)[N+]1(C(C)CCCCCCCCCCCC)CC(O)C(O)C1. The quantitative estimate of drug-likeness (QED) is 0.103. The number of likely N-dealkylation sites (tertiary alicyclic amines) is 1. The van der Waals surface area contributed by atoms with Crippen LogP contribution in [0.4, 0.5) is 0 Å². The Balaban J connectivity index is 2.27. The van der Waals surface area contributed by atoms with Gasteiger partial charge in [0.15, 0.2) is 0 Å². The maximum Gasteiger partial charge on any atom is 0.134 e. The van der Waals surface area contributed by atoms with Gasteiger partial charge < -0.3 is 14.7 Å². The summed E-state index contributed by atoms with van der Waals surface area (Å²) < 4.78 is 0.942. The fourth-order valence-electron chi connectivity index (χ4n) is 6.54. The van der Waals surface area contributed by atoms with Crippen molar-refractivity contribution in [2.24, 2.45) is 0 Å². The lowest BCUT2D eigenvalue weighted by Crippen LogP contribution is -2.58. The van der Waals surface area contributed by atoms with Crippen molar-refractivity contribution in [3.05, 3.63) is 0 Å². The fraction of sp³-hybridized carbons (Fsp3) is 1.00. The Labute approximate surface area is 221 Å². The van der Waals surface area contributed by atoms with Crippen LogP contribution in [0.1, 0.15) is 169 Å². The Bertz CT molecular complexity index is 426. The van der Waals surface area contributed by atoms with E-state index >= 15 is 0 Å². The Kier molecular flexibility index (Phi) is 19.6. The Hall–Kier alpha value is -0.120. The van der Waals surface area contributed by atoms with E-state index < -0.39 is 12.2 Å². The second kappa shape index (κ2) is 20.9. The second-order valence-corrected chi connectivity index (χ2v) is 12.2. The van der Waals surface area contributed by atoms with E-state index in [-0.39, 0.29) is 0 Å². The van der Waals surface area contributed by atoms with Crippen LogP contribution in [0.5, 0.6) is 0 Å². The zero-order chi connectivity index (χ0) is 25.8. The Morgan fingerprint density at radius 3 is 1.03 bits per heavy atom. The number of unbranched alkanes of at least 4 members (excludes halogenated alkanes) is 18. The topological polar surface area (TPSA) is 40.5 Å². The van der Waals surface area contributed by atoms with E-state index in [2.05, 4.69) is 27.7 Å². The van der Waals surface area contributed by atoms with E-state index in [1.165, 1.54) is 141 Å². The molecule has 1 heterocycles. The molecule has 0 spiro atoms. The molecule has 0 saturated carbocycles. The molecule has 2 N–H and O–H groups in total. The van der Waals surface area contributed by atoms with Crippen LogP contribution in [0.3, 0.4) is 0 Å². The number of quaternary nitrogens is 1. The van der Waals surface area contributed by atoms with Gasteiger partial charge in [-0.3, -0.25) is 0 Å². The first-order chi connectivity index (χ1) is 17.0. The van der Waals surface area contributed by atoms with E-state index in [4.69, 9.17) is 0 Å². The van der Waals surface area contributed by atoms with Gasteiger partial charge >= 0.3 is 0 Å². The van der Waals surface area contributed by atoms with Gasteiger partial charge in [-0.25, -0.2) is 0 Å². The number of hydrogen-bond acceptors (Lipinski definition) is 2. The van der Waals surface area contributed by atoms with Crippen molar-refractivity contribution in [2.45, 2.75) is 193 Å². The molecule has 0 amide bonds. The lowest BCUT2D eigenvalue weighted by Gasteiger charge is -2.45. The van der Waals surface area contributed by atoms with Crippen molar-refractivity contribution >= 4 is 0 Å². The zero-order valence-corrected chi connectivity index (χ0v) is 24.6. The van der Waals surface area contributed by atoms with Gasteiger partial charge in [-0.1, -0.05) is 129 Å². The molecule has 1 aliphatic rings. The van der Waals surface area contributed by atoms with Crippen LogP contribution in [0.25, 0.3) is 0 Å². The summed E-state index contributed by atoms with van der Waals surface area (Å²) in [6.07, 6.45) is 29.0. The summed E-state index contributed by atoms with van der Waals surface area (Å²) in [5.41, 5.74) is 0. The molecule has 0 aromatic carbocycles. The summed E-state index contributed by atoms with van der Waals surface area (Å²) in [5.74, 6) is 0. The van der Waals surface area contributed by atoms with E-state index in [9.17, 15) is 10.2 Å². The van der Waals surface area contributed by atoms with Crippen LogP contribution < -0.4 is 0 Å². The third-order valence-corrected chi connectivity index (χ3v) is 9.20.